The van der Waals surface area contributed by atoms with Gasteiger partial charge in [0.1, 0.15) is 5.82 Å². The van der Waals surface area contributed by atoms with Crippen LogP contribution < -0.4 is 11.1 Å². The van der Waals surface area contributed by atoms with Crippen molar-refractivity contribution in [2.24, 2.45) is 11.7 Å². The molecular formula is C16H24FN3O3S. The van der Waals surface area contributed by atoms with Gasteiger partial charge in [0.05, 0.1) is 10.8 Å². The fourth-order valence-corrected chi connectivity index (χ4v) is 4.22. The van der Waals surface area contributed by atoms with Crippen molar-refractivity contribution in [2.45, 2.75) is 37.1 Å². The van der Waals surface area contributed by atoms with E-state index in [1.807, 2.05) is 6.92 Å². The van der Waals surface area contributed by atoms with Gasteiger partial charge in [0.15, 0.2) is 0 Å². The standard InChI is InChI=1S/C16H24FN3O3S/c1-12(18)8-9-19-16(21)13-3-2-10-20(11-13)24(22,23)15-6-4-14(17)5-7-15/h4-7,12-13H,2-3,8-11,18H2,1H3,(H,19,21). The monoisotopic (exact) mass is 357 g/mol. The topological polar surface area (TPSA) is 92.5 Å². The molecule has 2 atom stereocenters. The molecule has 1 aromatic carbocycles. The number of piperidine rings is 1. The van der Waals surface area contributed by atoms with Crippen LogP contribution in [-0.4, -0.2) is 44.3 Å². The van der Waals surface area contributed by atoms with Gasteiger partial charge in [-0.3, -0.25) is 4.79 Å². The minimum atomic E-state index is -3.71. The zero-order valence-electron chi connectivity index (χ0n) is 13.7. The average Bonchev–Trinajstić information content (AvgIpc) is 2.55. The van der Waals surface area contributed by atoms with Gasteiger partial charge in [-0.1, -0.05) is 0 Å². The zero-order valence-corrected chi connectivity index (χ0v) is 14.6. The van der Waals surface area contributed by atoms with E-state index in [2.05, 4.69) is 5.32 Å². The van der Waals surface area contributed by atoms with Gasteiger partial charge in [-0.05, 0) is 50.5 Å². The molecule has 2 rings (SSSR count). The fourth-order valence-electron chi connectivity index (χ4n) is 2.70. The summed E-state index contributed by atoms with van der Waals surface area (Å²) in [5, 5.41) is 2.81. The first kappa shape index (κ1) is 18.8. The summed E-state index contributed by atoms with van der Waals surface area (Å²) in [6, 6.07) is 4.74. The summed E-state index contributed by atoms with van der Waals surface area (Å²) < 4.78 is 39.5. The molecule has 24 heavy (non-hydrogen) atoms. The lowest BCUT2D eigenvalue weighted by molar-refractivity contribution is -0.126. The third-order valence-electron chi connectivity index (χ3n) is 4.11. The lowest BCUT2D eigenvalue weighted by Crippen LogP contribution is -2.45. The van der Waals surface area contributed by atoms with Gasteiger partial charge < -0.3 is 11.1 Å². The first-order valence-electron chi connectivity index (χ1n) is 8.09. The molecule has 134 valence electrons. The van der Waals surface area contributed by atoms with Gasteiger partial charge in [-0.15, -0.1) is 0 Å². The fraction of sp³-hybridized carbons (Fsp3) is 0.562. The van der Waals surface area contributed by atoms with Crippen molar-refractivity contribution in [2.75, 3.05) is 19.6 Å². The number of benzene rings is 1. The second-order valence-corrected chi connectivity index (χ2v) is 8.15. The van der Waals surface area contributed by atoms with E-state index in [9.17, 15) is 17.6 Å². The number of halogens is 1. The van der Waals surface area contributed by atoms with Crippen molar-refractivity contribution in [3.05, 3.63) is 30.1 Å². The molecule has 8 heteroatoms. The predicted molar refractivity (Wildman–Crippen MR) is 89.2 cm³/mol. The Morgan fingerprint density at radius 1 is 1.42 bits per heavy atom. The predicted octanol–water partition coefficient (Wildman–Crippen LogP) is 1.08. The first-order chi connectivity index (χ1) is 11.3. The third-order valence-corrected chi connectivity index (χ3v) is 5.98. The van der Waals surface area contributed by atoms with Crippen LogP contribution in [0.15, 0.2) is 29.2 Å². The highest BCUT2D eigenvalue weighted by Gasteiger charge is 2.33. The molecule has 1 aromatic rings. The summed E-state index contributed by atoms with van der Waals surface area (Å²) in [4.78, 5) is 12.3. The SMILES string of the molecule is CC(N)CCNC(=O)C1CCCN(S(=O)(=O)c2ccc(F)cc2)C1. The number of amides is 1. The number of sulfonamides is 1. The second-order valence-electron chi connectivity index (χ2n) is 6.21. The molecule has 1 amide bonds. The Kier molecular flexibility index (Phi) is 6.31. The van der Waals surface area contributed by atoms with Crippen molar-refractivity contribution >= 4 is 15.9 Å². The van der Waals surface area contributed by atoms with Crippen LogP contribution in [-0.2, 0) is 14.8 Å². The van der Waals surface area contributed by atoms with Crippen LogP contribution in [0.4, 0.5) is 4.39 Å². The molecule has 1 fully saturated rings. The Morgan fingerprint density at radius 3 is 2.71 bits per heavy atom. The van der Waals surface area contributed by atoms with Crippen LogP contribution >= 0.6 is 0 Å². The summed E-state index contributed by atoms with van der Waals surface area (Å²) in [5.41, 5.74) is 5.65. The molecule has 1 aliphatic rings. The summed E-state index contributed by atoms with van der Waals surface area (Å²) in [6.07, 6.45) is 1.95. The van der Waals surface area contributed by atoms with E-state index >= 15 is 0 Å². The molecule has 6 nitrogen and oxygen atoms in total. The molecule has 1 heterocycles. The molecule has 3 N–H and O–H groups in total. The minimum absolute atomic E-state index is 0.00649. The summed E-state index contributed by atoms with van der Waals surface area (Å²) in [7, 11) is -3.71. The Balaban J connectivity index is 2.01. The van der Waals surface area contributed by atoms with Crippen molar-refractivity contribution in [1.82, 2.24) is 9.62 Å². The number of carbonyl (C=O) groups is 1. The van der Waals surface area contributed by atoms with E-state index in [1.165, 1.54) is 16.4 Å². The maximum absolute atomic E-state index is 13.0. The number of carbonyl (C=O) groups excluding carboxylic acids is 1. The van der Waals surface area contributed by atoms with Gasteiger partial charge in [-0.25, -0.2) is 12.8 Å². The molecule has 0 aliphatic carbocycles. The van der Waals surface area contributed by atoms with Gasteiger partial charge >= 0.3 is 0 Å². The molecule has 0 radical (unpaired) electrons. The lowest BCUT2D eigenvalue weighted by Gasteiger charge is -2.31. The highest BCUT2D eigenvalue weighted by Crippen LogP contribution is 2.24. The summed E-state index contributed by atoms with van der Waals surface area (Å²) >= 11 is 0. The molecule has 0 saturated carbocycles. The van der Waals surface area contributed by atoms with Gasteiger partial charge in [0.2, 0.25) is 15.9 Å². The number of hydrogen-bond donors (Lipinski definition) is 2. The third kappa shape index (κ3) is 4.75. The van der Waals surface area contributed by atoms with Crippen LogP contribution in [0, 0.1) is 11.7 Å². The zero-order chi connectivity index (χ0) is 17.7. The van der Waals surface area contributed by atoms with Crippen molar-refractivity contribution in [3.8, 4) is 0 Å². The van der Waals surface area contributed by atoms with Crippen LogP contribution in [0.25, 0.3) is 0 Å². The summed E-state index contributed by atoms with van der Waals surface area (Å²) in [5.74, 6) is -1.00. The number of rotatable bonds is 6. The summed E-state index contributed by atoms with van der Waals surface area (Å²) in [6.45, 7) is 2.86. The van der Waals surface area contributed by atoms with Crippen molar-refractivity contribution in [3.63, 3.8) is 0 Å². The van der Waals surface area contributed by atoms with Crippen molar-refractivity contribution < 1.29 is 17.6 Å². The van der Waals surface area contributed by atoms with Crippen LogP contribution in [0.5, 0.6) is 0 Å². The average molecular weight is 357 g/mol. The number of hydrogen-bond acceptors (Lipinski definition) is 4. The highest BCUT2D eigenvalue weighted by atomic mass is 32.2. The Hall–Kier alpha value is -1.51. The Bertz CT molecular complexity index is 662. The van der Waals surface area contributed by atoms with Gasteiger partial charge in [0, 0.05) is 25.7 Å². The van der Waals surface area contributed by atoms with E-state index in [0.29, 0.717) is 32.4 Å². The Morgan fingerprint density at radius 2 is 2.08 bits per heavy atom. The van der Waals surface area contributed by atoms with Gasteiger partial charge in [-0.2, -0.15) is 4.31 Å². The maximum Gasteiger partial charge on any atom is 0.243 e. The van der Waals surface area contributed by atoms with E-state index < -0.39 is 15.8 Å². The van der Waals surface area contributed by atoms with E-state index in [1.54, 1.807) is 0 Å². The van der Waals surface area contributed by atoms with Crippen LogP contribution in [0.3, 0.4) is 0 Å². The highest BCUT2D eigenvalue weighted by molar-refractivity contribution is 7.89. The molecule has 0 bridgehead atoms. The molecule has 2 unspecified atom stereocenters. The van der Waals surface area contributed by atoms with Crippen molar-refractivity contribution in [1.29, 1.82) is 0 Å². The lowest BCUT2D eigenvalue weighted by atomic mass is 9.99. The quantitative estimate of drug-likeness (QED) is 0.797. The molecular weight excluding hydrogens is 333 g/mol. The Labute approximate surface area is 142 Å². The first-order valence-corrected chi connectivity index (χ1v) is 9.53. The largest absolute Gasteiger partial charge is 0.356 e. The van der Waals surface area contributed by atoms with E-state index in [4.69, 9.17) is 5.73 Å². The van der Waals surface area contributed by atoms with Crippen LogP contribution in [0.1, 0.15) is 26.2 Å². The van der Waals surface area contributed by atoms with Gasteiger partial charge in [0.25, 0.3) is 0 Å². The maximum atomic E-state index is 13.0. The molecule has 0 aromatic heterocycles. The smallest absolute Gasteiger partial charge is 0.243 e. The number of nitrogens with two attached hydrogens (primary N) is 1. The van der Waals surface area contributed by atoms with E-state index in [-0.39, 0.29) is 29.3 Å². The van der Waals surface area contributed by atoms with E-state index in [0.717, 1.165) is 12.1 Å². The number of nitrogens with one attached hydrogen (secondary N) is 1. The molecule has 1 saturated heterocycles. The van der Waals surface area contributed by atoms with Crippen LogP contribution in [0.2, 0.25) is 0 Å². The normalized spacial score (nSPS) is 20.5. The number of nitrogens with zero attached hydrogens (tertiary/aromatic N) is 1. The molecule has 0 spiro atoms. The molecule has 1 aliphatic heterocycles. The minimum Gasteiger partial charge on any atom is -0.356 e. The second kappa shape index (κ2) is 8.04.